The van der Waals surface area contributed by atoms with Crippen LogP contribution in [0, 0.1) is 5.41 Å². The average Bonchev–Trinajstić information content (AvgIpc) is 2.32. The van der Waals surface area contributed by atoms with E-state index < -0.39 is 11.1 Å². The number of carbonyl (C=O) groups excluding carboxylic acids is 1. The number of rotatable bonds is 4. The molecule has 0 aromatic carbocycles. The molecule has 0 aromatic rings. The number of ether oxygens (including phenoxy) is 2. The van der Waals surface area contributed by atoms with Crippen LogP contribution in [0.1, 0.15) is 34.6 Å². The van der Waals surface area contributed by atoms with Gasteiger partial charge < -0.3 is 14.4 Å². The van der Waals surface area contributed by atoms with Gasteiger partial charge in [-0.15, -0.1) is 0 Å². The molecule has 6 heteroatoms. The number of hydrogen-bond acceptors (Lipinski definition) is 3. The van der Waals surface area contributed by atoms with E-state index in [9.17, 15) is 4.79 Å². The lowest BCUT2D eigenvalue weighted by molar-refractivity contribution is -0.287. The minimum Gasteiger partial charge on any atom is -0.347 e. The van der Waals surface area contributed by atoms with Crippen molar-refractivity contribution in [2.24, 2.45) is 5.41 Å². The molecule has 19 heavy (non-hydrogen) atoms. The minimum absolute atomic E-state index is 0.0536. The average molecular weight is 312 g/mol. The highest BCUT2D eigenvalue weighted by Crippen LogP contribution is 2.35. The molecule has 1 heterocycles. The van der Waals surface area contributed by atoms with Gasteiger partial charge >= 0.3 is 0 Å². The summed E-state index contributed by atoms with van der Waals surface area (Å²) >= 11 is 11.2. The smallest absolute Gasteiger partial charge is 0.256 e. The van der Waals surface area contributed by atoms with E-state index in [0.717, 1.165) is 0 Å². The maximum Gasteiger partial charge on any atom is 0.256 e. The Balaban J connectivity index is 2.65. The first-order valence-corrected chi connectivity index (χ1v) is 7.45. The molecule has 1 fully saturated rings. The standard InChI is InChI=1S/C13H23Cl2NO3/c1-6-16(12(17)11(14)15)7-10-18-8(2)13(4,5)9(3)19-10/h8-11H,6-7H2,1-5H3. The zero-order valence-electron chi connectivity index (χ0n) is 12.2. The first-order chi connectivity index (χ1) is 8.70. The first kappa shape index (κ1) is 17.0. The van der Waals surface area contributed by atoms with E-state index in [4.69, 9.17) is 32.7 Å². The van der Waals surface area contributed by atoms with Crippen LogP contribution in [0.3, 0.4) is 0 Å². The van der Waals surface area contributed by atoms with Crippen LogP contribution in [-0.2, 0) is 14.3 Å². The van der Waals surface area contributed by atoms with Gasteiger partial charge in [0.15, 0.2) is 11.1 Å². The maximum absolute atomic E-state index is 11.8. The Kier molecular flexibility index (Phi) is 5.93. The molecular formula is C13H23Cl2NO3. The van der Waals surface area contributed by atoms with E-state index >= 15 is 0 Å². The summed E-state index contributed by atoms with van der Waals surface area (Å²) in [5.41, 5.74) is -0.0565. The van der Waals surface area contributed by atoms with Gasteiger partial charge in [-0.2, -0.15) is 0 Å². The second-order valence-electron chi connectivity index (χ2n) is 5.49. The Morgan fingerprint density at radius 2 is 1.74 bits per heavy atom. The number of hydrogen-bond donors (Lipinski definition) is 0. The van der Waals surface area contributed by atoms with Crippen molar-refractivity contribution in [1.29, 1.82) is 0 Å². The number of carbonyl (C=O) groups is 1. The van der Waals surface area contributed by atoms with Gasteiger partial charge in [0.25, 0.3) is 5.91 Å². The van der Waals surface area contributed by atoms with E-state index in [0.29, 0.717) is 13.1 Å². The van der Waals surface area contributed by atoms with Crippen LogP contribution >= 0.6 is 23.2 Å². The molecular weight excluding hydrogens is 289 g/mol. The topological polar surface area (TPSA) is 38.8 Å². The van der Waals surface area contributed by atoms with E-state index in [1.54, 1.807) is 4.90 Å². The van der Waals surface area contributed by atoms with Crippen molar-refractivity contribution in [3.8, 4) is 0 Å². The summed E-state index contributed by atoms with van der Waals surface area (Å²) < 4.78 is 11.7. The lowest BCUT2D eigenvalue weighted by Gasteiger charge is -2.46. The highest BCUT2D eigenvalue weighted by molar-refractivity contribution is 6.53. The lowest BCUT2D eigenvalue weighted by Crippen LogP contribution is -2.53. The molecule has 1 aliphatic rings. The summed E-state index contributed by atoms with van der Waals surface area (Å²) in [6.45, 7) is 11.0. The van der Waals surface area contributed by atoms with Crippen molar-refractivity contribution in [2.75, 3.05) is 13.1 Å². The zero-order chi connectivity index (χ0) is 14.8. The first-order valence-electron chi connectivity index (χ1n) is 6.58. The fourth-order valence-corrected chi connectivity index (χ4v) is 2.22. The fraction of sp³-hybridized carbons (Fsp3) is 0.923. The Morgan fingerprint density at radius 3 is 2.11 bits per heavy atom. The highest BCUT2D eigenvalue weighted by atomic mass is 35.5. The molecule has 0 spiro atoms. The largest absolute Gasteiger partial charge is 0.347 e. The van der Waals surface area contributed by atoms with Gasteiger partial charge in [0, 0.05) is 12.0 Å². The lowest BCUT2D eigenvalue weighted by atomic mass is 9.81. The second-order valence-corrected chi connectivity index (χ2v) is 6.58. The quantitative estimate of drug-likeness (QED) is 0.749. The van der Waals surface area contributed by atoms with Crippen LogP contribution in [0.25, 0.3) is 0 Å². The third-order valence-electron chi connectivity index (χ3n) is 4.06. The molecule has 1 saturated heterocycles. The van der Waals surface area contributed by atoms with Crippen LogP contribution < -0.4 is 0 Å². The highest BCUT2D eigenvalue weighted by Gasteiger charge is 2.41. The number of amides is 1. The van der Waals surface area contributed by atoms with E-state index in [1.165, 1.54) is 0 Å². The molecule has 0 saturated carbocycles. The zero-order valence-corrected chi connectivity index (χ0v) is 13.7. The maximum atomic E-state index is 11.8. The Hall–Kier alpha value is -0.0300. The molecule has 0 N–H and O–H groups in total. The molecule has 1 aliphatic heterocycles. The molecule has 0 radical (unpaired) electrons. The van der Waals surface area contributed by atoms with Crippen molar-refractivity contribution >= 4 is 29.1 Å². The molecule has 4 nitrogen and oxygen atoms in total. The second kappa shape index (κ2) is 6.61. The van der Waals surface area contributed by atoms with Gasteiger partial charge in [-0.1, -0.05) is 37.0 Å². The van der Waals surface area contributed by atoms with Gasteiger partial charge in [-0.25, -0.2) is 0 Å². The monoisotopic (exact) mass is 311 g/mol. The SMILES string of the molecule is CCN(CC1OC(C)C(C)(C)C(C)O1)C(=O)C(Cl)Cl. The van der Waals surface area contributed by atoms with Crippen molar-refractivity contribution in [3.63, 3.8) is 0 Å². The van der Waals surface area contributed by atoms with E-state index in [-0.39, 0.29) is 23.5 Å². The normalized spacial score (nSPS) is 30.4. The van der Waals surface area contributed by atoms with Gasteiger partial charge in [0.1, 0.15) is 0 Å². The summed E-state index contributed by atoms with van der Waals surface area (Å²) in [5.74, 6) is -0.317. The summed E-state index contributed by atoms with van der Waals surface area (Å²) in [7, 11) is 0. The molecule has 2 unspecified atom stereocenters. The van der Waals surface area contributed by atoms with E-state index in [2.05, 4.69) is 13.8 Å². The Labute approximate surface area is 125 Å². The predicted octanol–water partition coefficient (Wildman–Crippen LogP) is 2.81. The third-order valence-corrected chi connectivity index (χ3v) is 4.43. The Bertz CT molecular complexity index is 309. The summed E-state index contributed by atoms with van der Waals surface area (Å²) in [4.78, 5) is 12.3. The summed E-state index contributed by atoms with van der Waals surface area (Å²) in [5, 5.41) is 0. The van der Waals surface area contributed by atoms with Crippen LogP contribution in [-0.4, -0.2) is 47.2 Å². The van der Waals surface area contributed by atoms with Crippen LogP contribution in [0.5, 0.6) is 0 Å². The molecule has 1 rings (SSSR count). The molecule has 2 atom stereocenters. The van der Waals surface area contributed by atoms with Gasteiger partial charge in [-0.05, 0) is 20.8 Å². The molecule has 0 aromatic heterocycles. The van der Waals surface area contributed by atoms with Gasteiger partial charge in [-0.3, -0.25) is 4.79 Å². The van der Waals surface area contributed by atoms with Crippen molar-refractivity contribution < 1.29 is 14.3 Å². The van der Waals surface area contributed by atoms with Crippen molar-refractivity contribution in [3.05, 3.63) is 0 Å². The molecule has 0 bridgehead atoms. The fourth-order valence-electron chi connectivity index (χ4n) is 1.95. The summed E-state index contributed by atoms with van der Waals surface area (Å²) in [6, 6.07) is 0. The van der Waals surface area contributed by atoms with Crippen LogP contribution in [0.15, 0.2) is 0 Å². The molecule has 0 aliphatic carbocycles. The van der Waals surface area contributed by atoms with Crippen LogP contribution in [0.4, 0.5) is 0 Å². The van der Waals surface area contributed by atoms with E-state index in [1.807, 2.05) is 20.8 Å². The predicted molar refractivity (Wildman–Crippen MR) is 76.4 cm³/mol. The number of halogens is 2. The molecule has 1 amide bonds. The number of nitrogens with zero attached hydrogens (tertiary/aromatic N) is 1. The minimum atomic E-state index is -1.05. The van der Waals surface area contributed by atoms with Gasteiger partial charge in [0.05, 0.1) is 18.8 Å². The summed E-state index contributed by atoms with van der Waals surface area (Å²) in [6.07, 6.45) is -0.329. The number of alkyl halides is 2. The Morgan fingerprint density at radius 1 is 1.26 bits per heavy atom. The van der Waals surface area contributed by atoms with Crippen LogP contribution in [0.2, 0.25) is 0 Å². The van der Waals surface area contributed by atoms with Crippen molar-refractivity contribution in [2.45, 2.75) is 58.0 Å². The van der Waals surface area contributed by atoms with Crippen molar-refractivity contribution in [1.82, 2.24) is 4.90 Å². The molecule has 112 valence electrons. The third kappa shape index (κ3) is 3.97. The van der Waals surface area contributed by atoms with Gasteiger partial charge in [0.2, 0.25) is 0 Å². The number of likely N-dealkylation sites (N-methyl/N-ethyl adjacent to an activating group) is 1.